The number of amides is 1. The van der Waals surface area contributed by atoms with Crippen LogP contribution in [0.4, 0.5) is 0 Å². The Labute approximate surface area is 148 Å². The van der Waals surface area contributed by atoms with Gasteiger partial charge in [-0.1, -0.05) is 13.8 Å². The number of rotatable bonds is 9. The molecule has 25 heavy (non-hydrogen) atoms. The molecule has 2 N–H and O–H groups in total. The van der Waals surface area contributed by atoms with Gasteiger partial charge in [0.15, 0.2) is 6.29 Å². The molecule has 0 aromatic rings. The minimum Gasteiger partial charge on any atom is -0.481 e. The van der Waals surface area contributed by atoms with E-state index in [-0.39, 0.29) is 24.3 Å². The van der Waals surface area contributed by atoms with Crippen molar-refractivity contribution in [1.82, 2.24) is 5.32 Å². The van der Waals surface area contributed by atoms with E-state index in [1.807, 2.05) is 13.8 Å². The van der Waals surface area contributed by atoms with Crippen molar-refractivity contribution in [3.05, 3.63) is 0 Å². The van der Waals surface area contributed by atoms with E-state index in [0.717, 1.165) is 0 Å². The zero-order valence-electron chi connectivity index (χ0n) is 15.3. The van der Waals surface area contributed by atoms with Crippen molar-refractivity contribution in [1.29, 1.82) is 0 Å². The summed E-state index contributed by atoms with van der Waals surface area (Å²) in [5, 5.41) is 11.4. The number of esters is 1. The largest absolute Gasteiger partial charge is 0.481 e. The lowest BCUT2D eigenvalue weighted by molar-refractivity contribution is -0.253. The van der Waals surface area contributed by atoms with Gasteiger partial charge in [-0.2, -0.15) is 0 Å². The molecule has 0 radical (unpaired) electrons. The minimum atomic E-state index is -0.847. The zero-order valence-corrected chi connectivity index (χ0v) is 15.3. The molecular weight excluding hydrogens is 330 g/mol. The van der Waals surface area contributed by atoms with Crippen molar-refractivity contribution in [2.45, 2.75) is 77.9 Å². The third kappa shape index (κ3) is 6.99. The second-order valence-electron chi connectivity index (χ2n) is 6.33. The molecule has 1 heterocycles. The van der Waals surface area contributed by atoms with Crippen molar-refractivity contribution in [2.75, 3.05) is 6.61 Å². The molecule has 0 aromatic heterocycles. The van der Waals surface area contributed by atoms with Crippen LogP contribution in [0.2, 0.25) is 0 Å². The highest BCUT2D eigenvalue weighted by Crippen LogP contribution is 2.31. The maximum atomic E-state index is 11.6. The van der Waals surface area contributed by atoms with Gasteiger partial charge in [-0.05, 0) is 19.3 Å². The lowest BCUT2D eigenvalue weighted by atomic mass is 9.87. The average molecular weight is 359 g/mol. The average Bonchev–Trinajstić information content (AvgIpc) is 2.51. The molecule has 1 amide bonds. The van der Waals surface area contributed by atoms with Gasteiger partial charge < -0.3 is 24.6 Å². The van der Waals surface area contributed by atoms with Gasteiger partial charge in [0.05, 0.1) is 6.10 Å². The first-order valence-electron chi connectivity index (χ1n) is 8.69. The Balaban J connectivity index is 2.79. The quantitative estimate of drug-likeness (QED) is 0.473. The van der Waals surface area contributed by atoms with Gasteiger partial charge in [-0.3, -0.25) is 14.4 Å². The number of ether oxygens (including phenoxy) is 3. The van der Waals surface area contributed by atoms with Gasteiger partial charge in [0, 0.05) is 32.8 Å². The summed E-state index contributed by atoms with van der Waals surface area (Å²) >= 11 is 0. The molecule has 5 atom stereocenters. The van der Waals surface area contributed by atoms with Gasteiger partial charge in [0.25, 0.3) is 0 Å². The molecule has 1 aliphatic heterocycles. The number of aliphatic carboxylic acids is 1. The highest BCUT2D eigenvalue weighted by Gasteiger charge is 2.46. The molecule has 0 bridgehead atoms. The van der Waals surface area contributed by atoms with Crippen molar-refractivity contribution >= 4 is 17.8 Å². The topological polar surface area (TPSA) is 111 Å². The highest BCUT2D eigenvalue weighted by molar-refractivity contribution is 5.73. The number of carboxylic acid groups (broad SMARTS) is 1. The van der Waals surface area contributed by atoms with E-state index in [0.29, 0.717) is 25.9 Å². The molecule has 1 fully saturated rings. The molecule has 144 valence electrons. The van der Waals surface area contributed by atoms with E-state index in [4.69, 9.17) is 19.3 Å². The summed E-state index contributed by atoms with van der Waals surface area (Å²) in [7, 11) is 0. The fraction of sp³-hybridized carbons (Fsp3) is 0.824. The van der Waals surface area contributed by atoms with Gasteiger partial charge in [-0.15, -0.1) is 0 Å². The highest BCUT2D eigenvalue weighted by atomic mass is 16.7. The molecule has 0 spiro atoms. The van der Waals surface area contributed by atoms with E-state index in [1.165, 1.54) is 13.8 Å². The zero-order chi connectivity index (χ0) is 19.0. The van der Waals surface area contributed by atoms with Crippen molar-refractivity contribution < 1.29 is 33.7 Å². The predicted octanol–water partition coefficient (Wildman–Crippen LogP) is 1.47. The standard InChI is InChI=1S/C17H29NO7/c1-5-13-10(2)16(24-12(4)20)15(18-11(3)19)17(25-13)23-9-7-6-8-14(21)22/h10,13,15-17H,5-9H2,1-4H3,(H,18,19)(H,21,22)/t10-,13+,15+,16?,17+/m0/s1. The monoisotopic (exact) mass is 359 g/mol. The number of carbonyl (C=O) groups excluding carboxylic acids is 2. The number of hydrogen-bond donors (Lipinski definition) is 2. The molecular formula is C17H29NO7. The Morgan fingerprint density at radius 2 is 1.88 bits per heavy atom. The summed E-state index contributed by atoms with van der Waals surface area (Å²) in [5.74, 6) is -1.64. The van der Waals surface area contributed by atoms with E-state index in [2.05, 4.69) is 5.32 Å². The summed E-state index contributed by atoms with van der Waals surface area (Å²) in [4.78, 5) is 33.6. The number of hydrogen-bond acceptors (Lipinski definition) is 6. The maximum Gasteiger partial charge on any atom is 0.303 e. The van der Waals surface area contributed by atoms with Gasteiger partial charge in [0.2, 0.25) is 5.91 Å². The third-order valence-corrected chi connectivity index (χ3v) is 4.20. The van der Waals surface area contributed by atoms with Crippen molar-refractivity contribution in [3.63, 3.8) is 0 Å². The SMILES string of the molecule is CC[C@H]1O[C@@H](OCCCCC(=O)O)[C@H](NC(C)=O)C(OC(C)=O)[C@H]1C. The molecule has 1 aliphatic rings. The van der Waals surface area contributed by atoms with Crippen LogP contribution >= 0.6 is 0 Å². The molecule has 8 heteroatoms. The second kappa shape index (κ2) is 10.4. The Morgan fingerprint density at radius 1 is 1.20 bits per heavy atom. The van der Waals surface area contributed by atoms with E-state index >= 15 is 0 Å². The molecule has 8 nitrogen and oxygen atoms in total. The van der Waals surface area contributed by atoms with E-state index in [9.17, 15) is 14.4 Å². The van der Waals surface area contributed by atoms with Gasteiger partial charge in [-0.25, -0.2) is 0 Å². The Kier molecular flexibility index (Phi) is 8.85. The summed E-state index contributed by atoms with van der Waals surface area (Å²) < 4.78 is 17.2. The van der Waals surface area contributed by atoms with Crippen LogP contribution in [0.15, 0.2) is 0 Å². The Bertz CT molecular complexity index is 468. The van der Waals surface area contributed by atoms with E-state index in [1.54, 1.807) is 0 Å². The van der Waals surface area contributed by atoms with Crippen molar-refractivity contribution in [3.8, 4) is 0 Å². The van der Waals surface area contributed by atoms with Crippen LogP contribution in [0.5, 0.6) is 0 Å². The van der Waals surface area contributed by atoms with Crippen LogP contribution in [0.3, 0.4) is 0 Å². The van der Waals surface area contributed by atoms with Crippen LogP contribution < -0.4 is 5.32 Å². The molecule has 1 saturated heterocycles. The first-order chi connectivity index (χ1) is 11.8. The number of carbonyl (C=O) groups is 3. The summed E-state index contributed by atoms with van der Waals surface area (Å²) in [6, 6.07) is -0.612. The smallest absolute Gasteiger partial charge is 0.303 e. The summed E-state index contributed by atoms with van der Waals surface area (Å²) in [5.41, 5.74) is 0. The second-order valence-corrected chi connectivity index (χ2v) is 6.33. The van der Waals surface area contributed by atoms with Gasteiger partial charge in [0.1, 0.15) is 12.1 Å². The summed E-state index contributed by atoms with van der Waals surface area (Å²) in [6.45, 7) is 6.89. The van der Waals surface area contributed by atoms with Crippen molar-refractivity contribution in [2.24, 2.45) is 5.92 Å². The predicted molar refractivity (Wildman–Crippen MR) is 88.7 cm³/mol. The first kappa shape index (κ1) is 21.4. The number of unbranched alkanes of at least 4 members (excludes halogenated alkanes) is 1. The van der Waals surface area contributed by atoms with Crippen LogP contribution in [0, 0.1) is 5.92 Å². The van der Waals surface area contributed by atoms with E-state index < -0.39 is 30.4 Å². The van der Waals surface area contributed by atoms with Crippen LogP contribution in [-0.4, -0.2) is 54.1 Å². The molecule has 0 aliphatic carbocycles. The number of carboxylic acids is 1. The van der Waals surface area contributed by atoms with Gasteiger partial charge >= 0.3 is 11.9 Å². The molecule has 1 unspecified atom stereocenters. The third-order valence-electron chi connectivity index (χ3n) is 4.20. The minimum absolute atomic E-state index is 0.0781. The fourth-order valence-corrected chi connectivity index (χ4v) is 3.02. The Morgan fingerprint density at radius 3 is 2.40 bits per heavy atom. The lowest BCUT2D eigenvalue weighted by Crippen LogP contribution is -2.62. The van der Waals surface area contributed by atoms with Crippen LogP contribution in [0.25, 0.3) is 0 Å². The molecule has 0 saturated carbocycles. The first-order valence-corrected chi connectivity index (χ1v) is 8.69. The fourth-order valence-electron chi connectivity index (χ4n) is 3.02. The van der Waals surface area contributed by atoms with Crippen LogP contribution in [-0.2, 0) is 28.6 Å². The molecule has 0 aromatic carbocycles. The Hall–Kier alpha value is -1.67. The molecule has 1 rings (SSSR count). The van der Waals surface area contributed by atoms with Crippen LogP contribution in [0.1, 0.15) is 53.4 Å². The lowest BCUT2D eigenvalue weighted by Gasteiger charge is -2.44. The normalized spacial score (nSPS) is 29.0. The maximum absolute atomic E-state index is 11.6. The number of nitrogens with one attached hydrogen (secondary N) is 1. The summed E-state index contributed by atoms with van der Waals surface area (Å²) in [6.07, 6.45) is 0.373.